The summed E-state index contributed by atoms with van der Waals surface area (Å²) in [5.41, 5.74) is 0.572. The van der Waals surface area contributed by atoms with E-state index in [4.69, 9.17) is 0 Å². The number of pyridine rings is 1. The first-order valence-corrected chi connectivity index (χ1v) is 9.85. The first kappa shape index (κ1) is 17.4. The lowest BCUT2D eigenvalue weighted by molar-refractivity contribution is 0.271. The van der Waals surface area contributed by atoms with Crippen LogP contribution in [-0.4, -0.2) is 56.8 Å². The number of piperazine rings is 1. The summed E-state index contributed by atoms with van der Waals surface area (Å²) >= 11 is 0. The van der Waals surface area contributed by atoms with Crippen LogP contribution >= 0.6 is 0 Å². The lowest BCUT2D eigenvalue weighted by atomic mass is 10.2. The Morgan fingerprint density at radius 3 is 2.44 bits per heavy atom. The molecule has 1 aliphatic heterocycles. The summed E-state index contributed by atoms with van der Waals surface area (Å²) in [6.07, 6.45) is 1.69. The minimum atomic E-state index is -3.25. The number of benzene rings is 1. The van der Waals surface area contributed by atoms with Crippen LogP contribution in [0.4, 0.5) is 5.82 Å². The van der Waals surface area contributed by atoms with E-state index in [1.165, 1.54) is 0 Å². The van der Waals surface area contributed by atoms with Crippen molar-refractivity contribution in [2.75, 3.05) is 43.4 Å². The maximum Gasteiger partial charge on any atom is 0.179 e. The number of nitrogens with zero attached hydrogens (tertiary/aromatic N) is 4. The smallest absolute Gasteiger partial charge is 0.179 e. The molecule has 6 nitrogen and oxygen atoms in total. The van der Waals surface area contributed by atoms with Crippen molar-refractivity contribution in [1.29, 1.82) is 5.26 Å². The van der Waals surface area contributed by atoms with Crippen molar-refractivity contribution in [3.63, 3.8) is 0 Å². The van der Waals surface area contributed by atoms with Gasteiger partial charge in [0.05, 0.1) is 16.2 Å². The normalized spacial score (nSPS) is 15.7. The summed E-state index contributed by atoms with van der Waals surface area (Å²) in [6, 6.07) is 14.3. The van der Waals surface area contributed by atoms with E-state index < -0.39 is 9.84 Å². The van der Waals surface area contributed by atoms with Crippen molar-refractivity contribution < 1.29 is 8.42 Å². The van der Waals surface area contributed by atoms with Gasteiger partial charge >= 0.3 is 0 Å². The van der Waals surface area contributed by atoms with Crippen LogP contribution in [-0.2, 0) is 9.84 Å². The fraction of sp³-hybridized carbons (Fsp3) is 0.333. The maximum absolute atomic E-state index is 12.4. The van der Waals surface area contributed by atoms with Gasteiger partial charge in [0.2, 0.25) is 0 Å². The van der Waals surface area contributed by atoms with Crippen LogP contribution in [0, 0.1) is 11.3 Å². The molecule has 0 saturated carbocycles. The topological polar surface area (TPSA) is 77.3 Å². The van der Waals surface area contributed by atoms with Crippen LogP contribution in [0.1, 0.15) is 5.56 Å². The number of hydrogen-bond donors (Lipinski definition) is 0. The summed E-state index contributed by atoms with van der Waals surface area (Å²) in [4.78, 5) is 8.92. The highest BCUT2D eigenvalue weighted by atomic mass is 32.2. The molecule has 25 heavy (non-hydrogen) atoms. The second-order valence-corrected chi connectivity index (χ2v) is 8.06. The highest BCUT2D eigenvalue weighted by Crippen LogP contribution is 2.18. The van der Waals surface area contributed by atoms with Gasteiger partial charge in [0, 0.05) is 38.9 Å². The van der Waals surface area contributed by atoms with Crippen molar-refractivity contribution >= 4 is 15.7 Å². The second kappa shape index (κ2) is 7.64. The molecule has 130 valence electrons. The van der Waals surface area contributed by atoms with E-state index >= 15 is 0 Å². The van der Waals surface area contributed by atoms with Crippen LogP contribution in [0.25, 0.3) is 0 Å². The molecule has 0 atom stereocenters. The summed E-state index contributed by atoms with van der Waals surface area (Å²) in [5, 5.41) is 9.19. The van der Waals surface area contributed by atoms with Gasteiger partial charge < -0.3 is 4.90 Å². The summed E-state index contributed by atoms with van der Waals surface area (Å²) < 4.78 is 24.7. The van der Waals surface area contributed by atoms with Gasteiger partial charge in [0.25, 0.3) is 0 Å². The molecular weight excluding hydrogens is 336 g/mol. The molecule has 3 rings (SSSR count). The quantitative estimate of drug-likeness (QED) is 0.809. The largest absolute Gasteiger partial charge is 0.353 e. The fourth-order valence-corrected chi connectivity index (χ4v) is 4.22. The molecule has 2 heterocycles. The monoisotopic (exact) mass is 356 g/mol. The Morgan fingerprint density at radius 2 is 1.76 bits per heavy atom. The average molecular weight is 356 g/mol. The minimum absolute atomic E-state index is 0.115. The lowest BCUT2D eigenvalue weighted by Crippen LogP contribution is -2.48. The molecule has 0 radical (unpaired) electrons. The SMILES string of the molecule is N#Cc1cccnc1N1CCN(CCS(=O)(=O)c2ccccc2)CC1. The Hall–Kier alpha value is -2.43. The van der Waals surface area contributed by atoms with E-state index in [9.17, 15) is 13.7 Å². The van der Waals surface area contributed by atoms with Gasteiger partial charge in [0.1, 0.15) is 11.9 Å². The first-order chi connectivity index (χ1) is 12.1. The van der Waals surface area contributed by atoms with E-state index in [1.807, 2.05) is 6.07 Å². The molecule has 0 N–H and O–H groups in total. The maximum atomic E-state index is 12.4. The lowest BCUT2D eigenvalue weighted by Gasteiger charge is -2.35. The molecule has 1 fully saturated rings. The molecule has 0 amide bonds. The molecule has 7 heteroatoms. The van der Waals surface area contributed by atoms with Gasteiger partial charge in [-0.1, -0.05) is 18.2 Å². The molecular formula is C18H20N4O2S. The van der Waals surface area contributed by atoms with Gasteiger partial charge in [-0.2, -0.15) is 5.26 Å². The molecule has 1 saturated heterocycles. The van der Waals surface area contributed by atoms with Gasteiger partial charge in [-0.25, -0.2) is 13.4 Å². The molecule has 1 aromatic heterocycles. The number of aromatic nitrogens is 1. The van der Waals surface area contributed by atoms with Crippen molar-refractivity contribution in [1.82, 2.24) is 9.88 Å². The molecule has 0 unspecified atom stereocenters. The Balaban J connectivity index is 1.56. The van der Waals surface area contributed by atoms with Crippen LogP contribution < -0.4 is 4.90 Å². The average Bonchev–Trinajstić information content (AvgIpc) is 2.67. The van der Waals surface area contributed by atoms with E-state index in [0.717, 1.165) is 26.2 Å². The van der Waals surface area contributed by atoms with Crippen LogP contribution in [0.15, 0.2) is 53.6 Å². The molecule has 0 spiro atoms. The number of nitriles is 1. The number of hydrogen-bond acceptors (Lipinski definition) is 6. The third kappa shape index (κ3) is 4.16. The molecule has 1 aliphatic rings. The van der Waals surface area contributed by atoms with Crippen molar-refractivity contribution in [2.24, 2.45) is 0 Å². The third-order valence-corrected chi connectivity index (χ3v) is 6.07. The zero-order valence-corrected chi connectivity index (χ0v) is 14.7. The Labute approximate surface area is 148 Å². The highest BCUT2D eigenvalue weighted by molar-refractivity contribution is 7.91. The standard InChI is InChI=1S/C18H20N4O2S/c19-15-16-5-4-8-20-18(16)22-11-9-21(10-12-22)13-14-25(23,24)17-6-2-1-3-7-17/h1-8H,9-14H2. The third-order valence-electron chi connectivity index (χ3n) is 4.36. The van der Waals surface area contributed by atoms with Gasteiger partial charge in [-0.3, -0.25) is 4.90 Å². The Morgan fingerprint density at radius 1 is 1.04 bits per heavy atom. The fourth-order valence-electron chi connectivity index (χ4n) is 2.91. The molecule has 1 aromatic carbocycles. The molecule has 0 bridgehead atoms. The second-order valence-electron chi connectivity index (χ2n) is 5.95. The van der Waals surface area contributed by atoms with Crippen LogP contribution in [0.2, 0.25) is 0 Å². The van der Waals surface area contributed by atoms with E-state index in [0.29, 0.717) is 22.8 Å². The minimum Gasteiger partial charge on any atom is -0.353 e. The predicted octanol–water partition coefficient (Wildman–Crippen LogP) is 1.55. The van der Waals surface area contributed by atoms with Crippen molar-refractivity contribution in [3.05, 3.63) is 54.2 Å². The van der Waals surface area contributed by atoms with Crippen LogP contribution in [0.3, 0.4) is 0 Å². The summed E-state index contributed by atoms with van der Waals surface area (Å²) in [5.74, 6) is 0.825. The summed E-state index contributed by atoms with van der Waals surface area (Å²) in [6.45, 7) is 3.49. The zero-order chi connectivity index (χ0) is 17.7. The molecule has 2 aromatic rings. The Kier molecular flexibility index (Phi) is 5.31. The number of sulfone groups is 1. The highest BCUT2D eigenvalue weighted by Gasteiger charge is 2.22. The zero-order valence-electron chi connectivity index (χ0n) is 13.9. The van der Waals surface area contributed by atoms with E-state index in [1.54, 1.807) is 42.6 Å². The van der Waals surface area contributed by atoms with E-state index in [2.05, 4.69) is 20.9 Å². The summed E-state index contributed by atoms with van der Waals surface area (Å²) in [7, 11) is -3.25. The number of rotatable bonds is 5. The van der Waals surface area contributed by atoms with Gasteiger partial charge in [0.15, 0.2) is 9.84 Å². The Bertz CT molecular complexity index is 854. The van der Waals surface area contributed by atoms with E-state index in [-0.39, 0.29) is 5.75 Å². The van der Waals surface area contributed by atoms with Gasteiger partial charge in [-0.15, -0.1) is 0 Å². The van der Waals surface area contributed by atoms with Crippen LogP contribution in [0.5, 0.6) is 0 Å². The first-order valence-electron chi connectivity index (χ1n) is 8.20. The van der Waals surface area contributed by atoms with Crippen molar-refractivity contribution in [3.8, 4) is 6.07 Å². The van der Waals surface area contributed by atoms with Crippen molar-refractivity contribution in [2.45, 2.75) is 4.90 Å². The predicted molar refractivity (Wildman–Crippen MR) is 96.1 cm³/mol. The number of anilines is 1. The molecule has 0 aliphatic carbocycles. The van der Waals surface area contributed by atoms with Gasteiger partial charge in [-0.05, 0) is 24.3 Å².